The minimum absolute atomic E-state index is 0.234. The fraction of sp³-hybridized carbons (Fsp3) is 0.111. The van der Waals surface area contributed by atoms with Gasteiger partial charge in [0.1, 0.15) is 0 Å². The van der Waals surface area contributed by atoms with Gasteiger partial charge in [0.05, 0.1) is 0 Å². The Morgan fingerprint density at radius 3 is 2.71 bits per heavy atom. The number of aryl methyl sites for hydroxylation is 1. The van der Waals surface area contributed by atoms with Crippen LogP contribution in [-0.4, -0.2) is 15.2 Å². The van der Waals surface area contributed by atoms with Crippen molar-refractivity contribution < 1.29 is 0 Å². The van der Waals surface area contributed by atoms with E-state index in [-0.39, 0.29) is 5.95 Å². The molecule has 0 fully saturated rings. The summed E-state index contributed by atoms with van der Waals surface area (Å²) in [5.41, 5.74) is 7.37. The lowest BCUT2D eigenvalue weighted by atomic mass is 10.1. The van der Waals surface area contributed by atoms with Gasteiger partial charge in [0.25, 0.3) is 0 Å². The van der Waals surface area contributed by atoms with Crippen LogP contribution in [0.1, 0.15) is 5.56 Å². The zero-order valence-corrected chi connectivity index (χ0v) is 8.34. The topological polar surface area (TPSA) is 67.6 Å². The highest BCUT2D eigenvalue weighted by Gasteiger charge is 2.04. The van der Waals surface area contributed by atoms with Crippen LogP contribution < -0.4 is 5.73 Å². The van der Waals surface area contributed by atoms with Gasteiger partial charge in [-0.15, -0.1) is 5.10 Å². The number of anilines is 1. The van der Waals surface area contributed by atoms with E-state index in [0.717, 1.165) is 11.1 Å². The average Bonchev–Trinajstić information content (AvgIpc) is 2.50. The second-order valence-electron chi connectivity index (χ2n) is 3.06. The molecule has 2 rings (SSSR count). The van der Waals surface area contributed by atoms with Crippen LogP contribution in [0.4, 0.5) is 5.95 Å². The maximum absolute atomic E-state index is 5.91. The van der Waals surface area contributed by atoms with E-state index in [2.05, 4.69) is 15.2 Å². The summed E-state index contributed by atoms with van der Waals surface area (Å²) in [5, 5.41) is 7.16. The van der Waals surface area contributed by atoms with Crippen LogP contribution in [0.5, 0.6) is 0 Å². The van der Waals surface area contributed by atoms with E-state index in [4.69, 9.17) is 17.3 Å². The molecule has 1 heterocycles. The molecule has 0 radical (unpaired) electrons. The second-order valence-corrected chi connectivity index (χ2v) is 3.50. The predicted molar refractivity (Wildman–Crippen MR) is 56.0 cm³/mol. The molecule has 0 atom stereocenters. The third kappa shape index (κ3) is 1.70. The minimum Gasteiger partial charge on any atom is -0.366 e. The van der Waals surface area contributed by atoms with E-state index < -0.39 is 0 Å². The molecule has 0 spiro atoms. The van der Waals surface area contributed by atoms with Crippen molar-refractivity contribution in [2.24, 2.45) is 0 Å². The van der Waals surface area contributed by atoms with Crippen LogP contribution in [0.25, 0.3) is 11.4 Å². The lowest BCUT2D eigenvalue weighted by Crippen LogP contribution is -1.86. The van der Waals surface area contributed by atoms with E-state index in [0.29, 0.717) is 10.8 Å². The number of nitrogen functional groups attached to an aromatic ring is 1. The molecule has 2 aromatic rings. The number of nitrogens with zero attached hydrogens (tertiary/aromatic N) is 2. The van der Waals surface area contributed by atoms with Crippen LogP contribution in [0.3, 0.4) is 0 Å². The van der Waals surface area contributed by atoms with Crippen molar-refractivity contribution in [3.63, 3.8) is 0 Å². The van der Waals surface area contributed by atoms with Gasteiger partial charge in [0, 0.05) is 10.6 Å². The van der Waals surface area contributed by atoms with Crippen LogP contribution in [0.2, 0.25) is 5.02 Å². The maximum Gasteiger partial charge on any atom is 0.239 e. The molecule has 4 nitrogen and oxygen atoms in total. The molecule has 0 aliphatic rings. The highest BCUT2D eigenvalue weighted by atomic mass is 35.5. The SMILES string of the molecule is Cc1cc(Cl)cc(-c2nc(N)n[nH]2)c1. The molecule has 5 heteroatoms. The zero-order valence-electron chi connectivity index (χ0n) is 7.58. The van der Waals surface area contributed by atoms with Crippen LogP contribution in [0.15, 0.2) is 18.2 Å². The lowest BCUT2D eigenvalue weighted by molar-refractivity contribution is 1.10. The number of nitrogens with two attached hydrogens (primary N) is 1. The van der Waals surface area contributed by atoms with Gasteiger partial charge in [0.15, 0.2) is 5.82 Å². The van der Waals surface area contributed by atoms with Crippen LogP contribution in [-0.2, 0) is 0 Å². The molecule has 14 heavy (non-hydrogen) atoms. The fourth-order valence-corrected chi connectivity index (χ4v) is 1.57. The number of aromatic nitrogens is 3. The summed E-state index contributed by atoms with van der Waals surface area (Å²) in [7, 11) is 0. The van der Waals surface area contributed by atoms with Gasteiger partial charge in [-0.2, -0.15) is 4.98 Å². The summed E-state index contributed by atoms with van der Waals surface area (Å²) < 4.78 is 0. The normalized spacial score (nSPS) is 10.4. The molecule has 0 bridgehead atoms. The number of rotatable bonds is 1. The molecule has 0 amide bonds. The Morgan fingerprint density at radius 1 is 1.36 bits per heavy atom. The number of benzene rings is 1. The molecule has 0 unspecified atom stereocenters. The van der Waals surface area contributed by atoms with Gasteiger partial charge in [-0.05, 0) is 30.7 Å². The molecular formula is C9H9ClN4. The number of nitrogens with one attached hydrogen (secondary N) is 1. The van der Waals surface area contributed by atoms with E-state index in [9.17, 15) is 0 Å². The van der Waals surface area contributed by atoms with Crippen molar-refractivity contribution >= 4 is 17.5 Å². The Bertz CT molecular complexity index is 443. The smallest absolute Gasteiger partial charge is 0.239 e. The molecule has 0 saturated carbocycles. The van der Waals surface area contributed by atoms with Crippen molar-refractivity contribution in [2.75, 3.05) is 5.73 Å². The number of hydrogen-bond acceptors (Lipinski definition) is 3. The quantitative estimate of drug-likeness (QED) is 0.754. The van der Waals surface area contributed by atoms with Crippen molar-refractivity contribution in [3.05, 3.63) is 28.8 Å². The number of aromatic amines is 1. The summed E-state index contributed by atoms with van der Waals surface area (Å²) in [6.07, 6.45) is 0. The minimum atomic E-state index is 0.234. The monoisotopic (exact) mass is 208 g/mol. The van der Waals surface area contributed by atoms with Crippen molar-refractivity contribution in [3.8, 4) is 11.4 Å². The molecule has 0 saturated heterocycles. The Labute approximate surface area is 86.1 Å². The Morgan fingerprint density at radius 2 is 2.14 bits per heavy atom. The largest absolute Gasteiger partial charge is 0.366 e. The van der Waals surface area contributed by atoms with E-state index in [1.165, 1.54) is 0 Å². The summed E-state index contributed by atoms with van der Waals surface area (Å²) in [4.78, 5) is 4.02. The standard InChI is InChI=1S/C9H9ClN4/c1-5-2-6(4-7(10)3-5)8-12-9(11)14-13-8/h2-4H,1H3,(H3,11,12,13,14). The summed E-state index contributed by atoms with van der Waals surface area (Å²) >= 11 is 5.91. The van der Waals surface area contributed by atoms with Crippen molar-refractivity contribution in [1.82, 2.24) is 15.2 Å². The highest BCUT2D eigenvalue weighted by molar-refractivity contribution is 6.30. The molecule has 3 N–H and O–H groups in total. The number of hydrogen-bond donors (Lipinski definition) is 2. The van der Waals surface area contributed by atoms with Crippen LogP contribution >= 0.6 is 11.6 Å². The highest BCUT2D eigenvalue weighted by Crippen LogP contribution is 2.21. The molecule has 1 aromatic carbocycles. The van der Waals surface area contributed by atoms with Crippen molar-refractivity contribution in [2.45, 2.75) is 6.92 Å². The fourth-order valence-electron chi connectivity index (χ4n) is 1.28. The number of halogens is 1. The lowest BCUT2D eigenvalue weighted by Gasteiger charge is -1.99. The maximum atomic E-state index is 5.91. The first kappa shape index (κ1) is 9.02. The van der Waals surface area contributed by atoms with E-state index in [1.807, 2.05) is 25.1 Å². The molecule has 0 aliphatic heterocycles. The summed E-state index contributed by atoms with van der Waals surface area (Å²) in [5.74, 6) is 0.866. The summed E-state index contributed by atoms with van der Waals surface area (Å²) in [6, 6.07) is 5.66. The Hall–Kier alpha value is -1.55. The van der Waals surface area contributed by atoms with E-state index >= 15 is 0 Å². The van der Waals surface area contributed by atoms with Gasteiger partial charge in [-0.25, -0.2) is 0 Å². The van der Waals surface area contributed by atoms with Gasteiger partial charge in [-0.1, -0.05) is 11.6 Å². The predicted octanol–water partition coefficient (Wildman–Crippen LogP) is 2.02. The third-order valence-corrected chi connectivity index (χ3v) is 2.04. The van der Waals surface area contributed by atoms with Crippen LogP contribution in [0, 0.1) is 6.92 Å². The zero-order chi connectivity index (χ0) is 10.1. The first-order valence-corrected chi connectivity index (χ1v) is 4.48. The second kappa shape index (κ2) is 3.31. The van der Waals surface area contributed by atoms with Gasteiger partial charge >= 0.3 is 0 Å². The van der Waals surface area contributed by atoms with Crippen molar-refractivity contribution in [1.29, 1.82) is 0 Å². The molecular weight excluding hydrogens is 200 g/mol. The van der Waals surface area contributed by atoms with Gasteiger partial charge in [0.2, 0.25) is 5.95 Å². The van der Waals surface area contributed by atoms with E-state index in [1.54, 1.807) is 0 Å². The molecule has 1 aromatic heterocycles. The van der Waals surface area contributed by atoms with Gasteiger partial charge < -0.3 is 5.73 Å². The average molecular weight is 209 g/mol. The Balaban J connectivity index is 2.51. The first-order valence-electron chi connectivity index (χ1n) is 4.10. The number of H-pyrrole nitrogens is 1. The third-order valence-electron chi connectivity index (χ3n) is 1.82. The summed E-state index contributed by atoms with van der Waals surface area (Å²) in [6.45, 7) is 1.97. The van der Waals surface area contributed by atoms with Gasteiger partial charge in [-0.3, -0.25) is 5.10 Å². The molecule has 72 valence electrons. The molecule has 0 aliphatic carbocycles. The Kier molecular flexibility index (Phi) is 2.13. The first-order chi connectivity index (χ1) is 6.65.